The van der Waals surface area contributed by atoms with Gasteiger partial charge in [-0.2, -0.15) is 5.26 Å². The lowest BCUT2D eigenvalue weighted by Gasteiger charge is -2.32. The van der Waals surface area contributed by atoms with Crippen molar-refractivity contribution >= 4 is 11.0 Å². The van der Waals surface area contributed by atoms with Gasteiger partial charge in [-0.05, 0) is 50.6 Å². The third-order valence-corrected chi connectivity index (χ3v) is 7.51. The van der Waals surface area contributed by atoms with E-state index < -0.39 is 11.6 Å². The molecule has 0 bridgehead atoms. The van der Waals surface area contributed by atoms with E-state index in [-0.39, 0.29) is 24.2 Å². The minimum atomic E-state index is -0.631. The Balaban J connectivity index is 1.10. The molecule has 200 valence electrons. The molecule has 0 radical (unpaired) electrons. The van der Waals surface area contributed by atoms with E-state index in [4.69, 9.17) is 14.5 Å². The summed E-state index contributed by atoms with van der Waals surface area (Å²) in [6, 6.07) is 13.0. The van der Waals surface area contributed by atoms with E-state index in [0.29, 0.717) is 18.1 Å². The van der Waals surface area contributed by atoms with Crippen molar-refractivity contribution in [1.29, 1.82) is 5.26 Å². The van der Waals surface area contributed by atoms with Crippen LogP contribution in [-0.2, 0) is 24.4 Å². The fourth-order valence-electron chi connectivity index (χ4n) is 5.21. The number of pyridine rings is 2. The fourth-order valence-corrected chi connectivity index (χ4v) is 5.21. The van der Waals surface area contributed by atoms with E-state index in [9.17, 15) is 14.0 Å². The molecule has 2 aliphatic heterocycles. The van der Waals surface area contributed by atoms with Crippen molar-refractivity contribution in [2.24, 2.45) is 0 Å². The minimum absolute atomic E-state index is 0.0146. The zero-order valence-electron chi connectivity index (χ0n) is 21.4. The fraction of sp³-hybridized carbons (Fsp3) is 0.379. The molecule has 5 heterocycles. The topological polar surface area (TPSA) is 89.1 Å². The lowest BCUT2D eigenvalue weighted by atomic mass is 9.93. The van der Waals surface area contributed by atoms with Crippen LogP contribution in [0.3, 0.4) is 0 Å². The number of likely N-dealkylation sites (tertiary alicyclic amines) is 1. The zero-order chi connectivity index (χ0) is 26.8. The highest BCUT2D eigenvalue weighted by atomic mass is 19.1. The van der Waals surface area contributed by atoms with Crippen LogP contribution in [0.15, 0.2) is 48.7 Å². The second kappa shape index (κ2) is 11.0. The molecule has 8 nitrogen and oxygen atoms in total. The van der Waals surface area contributed by atoms with Crippen molar-refractivity contribution in [3.63, 3.8) is 0 Å². The summed E-state index contributed by atoms with van der Waals surface area (Å²) in [5, 5.41) is 9.25. The first kappa shape index (κ1) is 25.3. The van der Waals surface area contributed by atoms with Gasteiger partial charge in [0.2, 0.25) is 5.88 Å². The Morgan fingerprint density at radius 2 is 1.92 bits per heavy atom. The third kappa shape index (κ3) is 5.60. The Morgan fingerprint density at radius 1 is 1.08 bits per heavy atom. The minimum Gasteiger partial charge on any atom is -0.473 e. The van der Waals surface area contributed by atoms with Crippen LogP contribution in [-0.4, -0.2) is 50.2 Å². The van der Waals surface area contributed by atoms with Crippen molar-refractivity contribution < 1.29 is 18.3 Å². The summed E-state index contributed by atoms with van der Waals surface area (Å²) in [6.07, 6.45) is 4.83. The molecule has 2 fully saturated rings. The van der Waals surface area contributed by atoms with E-state index in [1.807, 2.05) is 12.1 Å². The number of aromatic nitrogens is 4. The van der Waals surface area contributed by atoms with Crippen LogP contribution < -0.4 is 4.74 Å². The number of hydrogen-bond donors (Lipinski definition) is 0. The van der Waals surface area contributed by atoms with Gasteiger partial charge in [0.25, 0.3) is 0 Å². The highest BCUT2D eigenvalue weighted by Gasteiger charge is 2.26. The smallest absolute Gasteiger partial charge is 0.213 e. The summed E-state index contributed by atoms with van der Waals surface area (Å²) in [6.45, 7) is 4.00. The monoisotopic (exact) mass is 530 g/mol. The largest absolute Gasteiger partial charge is 0.473 e. The van der Waals surface area contributed by atoms with Gasteiger partial charge in [0, 0.05) is 42.0 Å². The molecular formula is C29H28F2N6O2. The summed E-state index contributed by atoms with van der Waals surface area (Å²) < 4.78 is 40.7. The van der Waals surface area contributed by atoms with E-state index in [1.165, 1.54) is 12.1 Å². The molecular weight excluding hydrogens is 502 g/mol. The molecule has 3 aromatic heterocycles. The predicted molar refractivity (Wildman–Crippen MR) is 139 cm³/mol. The van der Waals surface area contributed by atoms with E-state index in [2.05, 4.69) is 25.5 Å². The average Bonchev–Trinajstić information content (AvgIpc) is 3.26. The van der Waals surface area contributed by atoms with Crippen molar-refractivity contribution in [1.82, 2.24) is 24.4 Å². The number of benzene rings is 1. The van der Waals surface area contributed by atoms with Crippen LogP contribution >= 0.6 is 0 Å². The Morgan fingerprint density at radius 3 is 2.67 bits per heavy atom. The molecule has 2 saturated heterocycles. The molecule has 0 spiro atoms. The molecule has 1 atom stereocenters. The first-order valence-corrected chi connectivity index (χ1v) is 13.2. The second-order valence-corrected chi connectivity index (χ2v) is 10.1. The van der Waals surface area contributed by atoms with Gasteiger partial charge in [-0.15, -0.1) is 0 Å². The van der Waals surface area contributed by atoms with Gasteiger partial charge < -0.3 is 14.0 Å². The molecule has 2 aliphatic rings. The number of fused-ring (bicyclic) bond motifs is 1. The molecule has 0 amide bonds. The van der Waals surface area contributed by atoms with E-state index in [0.717, 1.165) is 74.1 Å². The maximum Gasteiger partial charge on any atom is 0.213 e. The van der Waals surface area contributed by atoms with Gasteiger partial charge in [0.15, 0.2) is 0 Å². The van der Waals surface area contributed by atoms with Crippen molar-refractivity contribution in [3.05, 3.63) is 83.1 Å². The first-order chi connectivity index (χ1) is 19.1. The lowest BCUT2D eigenvalue weighted by Crippen LogP contribution is -2.35. The number of ether oxygens (including phenoxy) is 2. The lowest BCUT2D eigenvalue weighted by molar-refractivity contribution is -0.0592. The molecule has 0 N–H and O–H groups in total. The van der Waals surface area contributed by atoms with E-state index in [1.54, 1.807) is 18.3 Å². The number of rotatable bonds is 8. The molecule has 39 heavy (non-hydrogen) atoms. The van der Waals surface area contributed by atoms with E-state index >= 15 is 0 Å². The molecule has 0 unspecified atom stereocenters. The summed E-state index contributed by atoms with van der Waals surface area (Å²) in [5.74, 6) is 0.428. The maximum absolute atomic E-state index is 13.9. The molecule has 1 aromatic carbocycles. The predicted octanol–water partition coefficient (Wildman–Crippen LogP) is 4.72. The Bertz CT molecular complexity index is 1520. The van der Waals surface area contributed by atoms with Crippen molar-refractivity contribution in [2.75, 3.05) is 19.7 Å². The molecule has 6 rings (SSSR count). The number of nitriles is 1. The maximum atomic E-state index is 13.9. The number of imidazole rings is 1. The van der Waals surface area contributed by atoms with Crippen LogP contribution in [0.2, 0.25) is 0 Å². The number of hydrogen-bond acceptors (Lipinski definition) is 7. The standard InChI is InChI=1S/C29H28F2N6O2/c30-21-5-4-20(24(31)12-21)18-39-29-3-1-2-25(35-29)19-6-9-36(10-7-19)17-28-34-26-13-22(14-32)33-15-27(26)37(28)16-23-8-11-38-23/h1-5,12-13,15,19,23H,6-11,16-18H2/t23-/m0/s1. The second-order valence-electron chi connectivity index (χ2n) is 10.1. The SMILES string of the molecule is N#Cc1cc2nc(CN3CCC(c4cccc(OCc5ccc(F)cc5F)n4)CC3)n(C[C@@H]3CCO3)c2cn1. The zero-order valence-corrected chi connectivity index (χ0v) is 21.4. The van der Waals surface area contributed by atoms with Gasteiger partial charge in [-0.25, -0.2) is 23.7 Å². The van der Waals surface area contributed by atoms with Crippen molar-refractivity contribution in [2.45, 2.75) is 51.0 Å². The average molecular weight is 531 g/mol. The Labute approximate surface area is 224 Å². The molecule has 10 heteroatoms. The van der Waals surface area contributed by atoms with Crippen LogP contribution in [0.25, 0.3) is 11.0 Å². The number of piperidine rings is 1. The number of nitrogens with zero attached hydrogens (tertiary/aromatic N) is 6. The molecule has 0 saturated carbocycles. The molecule has 0 aliphatic carbocycles. The van der Waals surface area contributed by atoms with Crippen LogP contribution in [0.1, 0.15) is 48.0 Å². The number of halogens is 2. The van der Waals surface area contributed by atoms with Gasteiger partial charge >= 0.3 is 0 Å². The third-order valence-electron chi connectivity index (χ3n) is 7.51. The van der Waals surface area contributed by atoms with Gasteiger partial charge in [-0.3, -0.25) is 4.90 Å². The quantitative estimate of drug-likeness (QED) is 0.326. The normalized spacial score (nSPS) is 18.1. The van der Waals surface area contributed by atoms with Crippen LogP contribution in [0.4, 0.5) is 8.78 Å². The summed E-state index contributed by atoms with van der Waals surface area (Å²) in [4.78, 5) is 16.2. The summed E-state index contributed by atoms with van der Waals surface area (Å²) in [7, 11) is 0. The van der Waals surface area contributed by atoms with Crippen molar-refractivity contribution in [3.8, 4) is 11.9 Å². The van der Waals surface area contributed by atoms with Gasteiger partial charge in [0.1, 0.15) is 35.8 Å². The van der Waals surface area contributed by atoms with Crippen LogP contribution in [0.5, 0.6) is 5.88 Å². The molecule has 4 aromatic rings. The highest BCUT2D eigenvalue weighted by Crippen LogP contribution is 2.30. The summed E-state index contributed by atoms with van der Waals surface area (Å²) >= 11 is 0. The summed E-state index contributed by atoms with van der Waals surface area (Å²) in [5.41, 5.74) is 3.31. The van der Waals surface area contributed by atoms with Gasteiger partial charge in [0.05, 0.1) is 36.4 Å². The Hall–Kier alpha value is -3.94. The van der Waals surface area contributed by atoms with Crippen LogP contribution in [0, 0.1) is 23.0 Å². The first-order valence-electron chi connectivity index (χ1n) is 13.2. The Kier molecular flexibility index (Phi) is 7.18. The highest BCUT2D eigenvalue weighted by molar-refractivity contribution is 5.76. The van der Waals surface area contributed by atoms with Gasteiger partial charge in [-0.1, -0.05) is 6.07 Å².